The quantitative estimate of drug-likeness (QED) is 0.527. The molecule has 1 saturated carbocycles. The number of nitrogens with one attached hydrogen (secondary N) is 1. The van der Waals surface area contributed by atoms with Gasteiger partial charge in [-0.15, -0.1) is 5.10 Å². The molecule has 0 amide bonds. The van der Waals surface area contributed by atoms with E-state index in [2.05, 4.69) is 49.3 Å². The molecule has 9 heteroatoms. The monoisotopic (exact) mass is 506 g/mol. The van der Waals surface area contributed by atoms with E-state index in [4.69, 9.17) is 0 Å². The number of fused-ring (bicyclic) bond motifs is 1. The van der Waals surface area contributed by atoms with Crippen molar-refractivity contribution in [1.29, 1.82) is 0 Å². The van der Waals surface area contributed by atoms with E-state index in [-0.39, 0.29) is 5.16 Å². The molecule has 0 bridgehead atoms. The predicted octanol–water partition coefficient (Wildman–Crippen LogP) is 3.54. The van der Waals surface area contributed by atoms with E-state index < -0.39 is 10.0 Å². The number of pyridine rings is 1. The van der Waals surface area contributed by atoms with Crippen LogP contribution in [-0.4, -0.2) is 71.0 Å². The number of aryl methyl sites for hydroxylation is 1. The number of sulfonamides is 1. The van der Waals surface area contributed by atoms with E-state index in [1.807, 2.05) is 20.3 Å². The zero-order chi connectivity index (χ0) is 24.9. The van der Waals surface area contributed by atoms with Crippen LogP contribution < -0.4 is 0 Å². The molecule has 2 fully saturated rings. The first-order valence-electron chi connectivity index (χ1n) is 13.1. The highest BCUT2D eigenvalue weighted by molar-refractivity contribution is 7.88. The topological polar surface area (TPSA) is 95.1 Å². The lowest BCUT2D eigenvalue weighted by molar-refractivity contribution is 0.196. The summed E-state index contributed by atoms with van der Waals surface area (Å²) in [5, 5.41) is 7.00. The molecular weight excluding hydrogens is 472 g/mol. The number of H-pyrrole nitrogens is 1. The summed E-state index contributed by atoms with van der Waals surface area (Å²) in [6, 6.07) is 9.19. The van der Waals surface area contributed by atoms with Crippen molar-refractivity contribution in [2.75, 3.05) is 27.2 Å². The third-order valence-electron chi connectivity index (χ3n) is 8.07. The Morgan fingerprint density at radius 3 is 2.64 bits per heavy atom. The number of aromatic amines is 1. The smallest absolute Gasteiger partial charge is 0.282 e. The number of hydrogen-bond donors (Lipinski definition) is 1. The minimum absolute atomic E-state index is 0.116. The van der Waals surface area contributed by atoms with Crippen molar-refractivity contribution in [1.82, 2.24) is 29.4 Å². The van der Waals surface area contributed by atoms with Gasteiger partial charge in [0.1, 0.15) is 5.82 Å². The molecule has 6 rings (SSSR count). The first kappa shape index (κ1) is 23.8. The average molecular weight is 507 g/mol. The Labute approximate surface area is 213 Å². The van der Waals surface area contributed by atoms with Gasteiger partial charge in [-0.3, -0.25) is 10.1 Å². The van der Waals surface area contributed by atoms with Crippen LogP contribution >= 0.6 is 0 Å². The van der Waals surface area contributed by atoms with Gasteiger partial charge in [-0.1, -0.05) is 12.1 Å². The summed E-state index contributed by atoms with van der Waals surface area (Å²) in [5.41, 5.74) is 7.53. The van der Waals surface area contributed by atoms with E-state index in [0.29, 0.717) is 37.3 Å². The van der Waals surface area contributed by atoms with Crippen LogP contribution in [0, 0.1) is 0 Å². The number of aromatic nitrogens is 4. The molecule has 8 nitrogen and oxygen atoms in total. The molecule has 3 aromatic rings. The van der Waals surface area contributed by atoms with Gasteiger partial charge in [-0.2, -0.15) is 4.31 Å². The molecule has 1 aromatic carbocycles. The zero-order valence-electron chi connectivity index (χ0n) is 21.1. The molecule has 0 atom stereocenters. The maximum Gasteiger partial charge on any atom is 0.282 e. The average Bonchev–Trinajstić information content (AvgIpc) is 3.43. The van der Waals surface area contributed by atoms with Crippen molar-refractivity contribution in [3.8, 4) is 11.1 Å². The fourth-order valence-corrected chi connectivity index (χ4v) is 7.10. The zero-order valence-corrected chi connectivity index (χ0v) is 21.9. The Bertz CT molecular complexity index is 1370. The van der Waals surface area contributed by atoms with Gasteiger partial charge in [-0.05, 0) is 99.0 Å². The molecule has 36 heavy (non-hydrogen) atoms. The second kappa shape index (κ2) is 9.36. The van der Waals surface area contributed by atoms with Crippen molar-refractivity contribution in [2.45, 2.75) is 68.5 Å². The van der Waals surface area contributed by atoms with Crippen molar-refractivity contribution in [3.05, 3.63) is 58.7 Å². The predicted molar refractivity (Wildman–Crippen MR) is 138 cm³/mol. The summed E-state index contributed by atoms with van der Waals surface area (Å²) in [5.74, 6) is 1.18. The highest BCUT2D eigenvalue weighted by Gasteiger charge is 2.33. The van der Waals surface area contributed by atoms with Gasteiger partial charge in [-0.25, -0.2) is 13.4 Å². The van der Waals surface area contributed by atoms with Crippen LogP contribution in [0.3, 0.4) is 0 Å². The number of rotatable bonds is 7. The maximum absolute atomic E-state index is 13.3. The largest absolute Gasteiger partial charge is 0.306 e. The third kappa shape index (κ3) is 4.48. The van der Waals surface area contributed by atoms with Crippen LogP contribution in [0.15, 0.2) is 35.6 Å². The fraction of sp³-hybridized carbons (Fsp3) is 0.519. The van der Waals surface area contributed by atoms with E-state index in [9.17, 15) is 8.42 Å². The van der Waals surface area contributed by atoms with Gasteiger partial charge in [0.2, 0.25) is 0 Å². The first-order valence-corrected chi connectivity index (χ1v) is 14.5. The molecular formula is C27H34N6O2S. The second-order valence-corrected chi connectivity index (χ2v) is 12.5. The first-order chi connectivity index (χ1) is 17.4. The molecule has 1 N–H and O–H groups in total. The molecule has 190 valence electrons. The highest BCUT2D eigenvalue weighted by atomic mass is 32.2. The third-order valence-corrected chi connectivity index (χ3v) is 9.76. The van der Waals surface area contributed by atoms with E-state index in [0.717, 1.165) is 32.1 Å². The van der Waals surface area contributed by atoms with Crippen molar-refractivity contribution < 1.29 is 8.42 Å². The Kier molecular flexibility index (Phi) is 6.17. The minimum atomic E-state index is -3.71. The van der Waals surface area contributed by atoms with Crippen molar-refractivity contribution in [3.63, 3.8) is 0 Å². The van der Waals surface area contributed by atoms with Crippen LogP contribution in [0.25, 0.3) is 11.1 Å². The van der Waals surface area contributed by atoms with Crippen LogP contribution in [0.1, 0.15) is 66.2 Å². The molecule has 3 aliphatic rings. The van der Waals surface area contributed by atoms with Crippen LogP contribution in [0.5, 0.6) is 0 Å². The van der Waals surface area contributed by atoms with Crippen molar-refractivity contribution >= 4 is 10.0 Å². The van der Waals surface area contributed by atoms with Crippen LogP contribution in [-0.2, 0) is 29.3 Å². The van der Waals surface area contributed by atoms with Gasteiger partial charge in [0.05, 0.1) is 0 Å². The molecule has 2 aromatic heterocycles. The number of hydrogen-bond acceptors (Lipinski definition) is 6. The summed E-state index contributed by atoms with van der Waals surface area (Å²) in [6.07, 6.45) is 9.79. The number of benzene rings is 1. The lowest BCUT2D eigenvalue weighted by Gasteiger charge is -2.33. The Morgan fingerprint density at radius 1 is 1.08 bits per heavy atom. The summed E-state index contributed by atoms with van der Waals surface area (Å²) < 4.78 is 28.1. The number of piperidine rings is 1. The minimum Gasteiger partial charge on any atom is -0.306 e. The van der Waals surface area contributed by atoms with Gasteiger partial charge in [0.25, 0.3) is 15.2 Å². The second-order valence-electron chi connectivity index (χ2n) is 10.7. The fourth-order valence-electron chi connectivity index (χ4n) is 5.79. The van der Waals surface area contributed by atoms with Crippen LogP contribution in [0.2, 0.25) is 0 Å². The Hall–Kier alpha value is -2.62. The number of nitrogens with zero attached hydrogens (tertiary/aromatic N) is 5. The Morgan fingerprint density at radius 2 is 1.89 bits per heavy atom. The van der Waals surface area contributed by atoms with Gasteiger partial charge in [0, 0.05) is 43.4 Å². The molecule has 2 aliphatic carbocycles. The summed E-state index contributed by atoms with van der Waals surface area (Å²) >= 11 is 0. The molecule has 0 radical (unpaired) electrons. The SMILES string of the molecule is CN(C)C1CCN(S(=O)(=O)c2n[nH]c(Cc3c(-c4ccnc(C5CC5)c4)ccc4c3CCC4)n2)CC1. The molecule has 3 heterocycles. The summed E-state index contributed by atoms with van der Waals surface area (Å²) in [4.78, 5) is 11.3. The Balaban J connectivity index is 1.28. The lowest BCUT2D eigenvalue weighted by Crippen LogP contribution is -2.44. The molecule has 0 unspecified atom stereocenters. The molecule has 1 saturated heterocycles. The van der Waals surface area contributed by atoms with Gasteiger partial charge >= 0.3 is 0 Å². The normalized spacial score (nSPS) is 19.2. The molecule has 1 aliphatic heterocycles. The molecule has 0 spiro atoms. The standard InChI is InChI=1S/C27H34N6O2S/c1-32(2)21-11-14-33(15-12-21)36(34,35)27-29-26(30-31-27)17-24-22-5-3-4-18(22)8-9-23(24)20-10-13-28-25(16-20)19-6-7-19/h8-10,13,16,19,21H,3-7,11-12,14-15,17H2,1-2H3,(H,29,30,31). The maximum atomic E-state index is 13.3. The lowest BCUT2D eigenvalue weighted by atomic mass is 9.91. The highest BCUT2D eigenvalue weighted by Crippen LogP contribution is 2.41. The van der Waals surface area contributed by atoms with E-state index in [1.54, 1.807) is 0 Å². The van der Waals surface area contributed by atoms with E-state index >= 15 is 0 Å². The van der Waals surface area contributed by atoms with Gasteiger partial charge < -0.3 is 4.90 Å². The van der Waals surface area contributed by atoms with Gasteiger partial charge in [0.15, 0.2) is 0 Å². The van der Waals surface area contributed by atoms with Crippen LogP contribution in [0.4, 0.5) is 0 Å². The van der Waals surface area contributed by atoms with E-state index in [1.165, 1.54) is 50.7 Å². The summed E-state index contributed by atoms with van der Waals surface area (Å²) in [6.45, 7) is 0.994. The van der Waals surface area contributed by atoms with Crippen molar-refractivity contribution in [2.24, 2.45) is 0 Å². The summed E-state index contributed by atoms with van der Waals surface area (Å²) in [7, 11) is 0.379.